The molecule has 3 nitrogen and oxygen atoms in total. The molecule has 0 saturated heterocycles. The van der Waals surface area contributed by atoms with Crippen LogP contribution in [-0.2, 0) is 17.1 Å². The molecular formula is C21H18BrCl2FeN3. The smallest absolute Gasteiger partial charge is 0.344 e. The second-order valence-electron chi connectivity index (χ2n) is 5.40. The molecule has 0 fully saturated rings. The fourth-order valence-corrected chi connectivity index (χ4v) is 3.00. The van der Waals surface area contributed by atoms with Crippen LogP contribution in [0.5, 0.6) is 0 Å². The molecule has 0 bridgehead atoms. The summed E-state index contributed by atoms with van der Waals surface area (Å²) >= 11 is 9.23. The third-order valence-electron chi connectivity index (χ3n) is 3.57. The predicted octanol–water partition coefficient (Wildman–Crippen LogP) is 6.91. The normalized spacial score (nSPS) is 9.25. The number of hydrogen-bond donors (Lipinski definition) is 1. The maximum atomic E-state index is 5.93. The molecule has 0 aliphatic heterocycles. The Morgan fingerprint density at radius 1 is 0.964 bits per heavy atom. The second-order valence-corrected chi connectivity index (χ2v) is 6.64. The van der Waals surface area contributed by atoms with Crippen molar-refractivity contribution in [3.63, 3.8) is 0 Å². The van der Waals surface area contributed by atoms with E-state index in [1.54, 1.807) is 6.07 Å². The fourth-order valence-electron chi connectivity index (χ4n) is 2.39. The van der Waals surface area contributed by atoms with E-state index < -0.39 is 0 Å². The molecule has 3 N–H and O–H groups in total. The number of pyridine rings is 2. The van der Waals surface area contributed by atoms with Crippen molar-refractivity contribution in [3.8, 4) is 0 Å². The maximum absolute atomic E-state index is 5.93. The first-order chi connectivity index (χ1) is 12.1. The largest absolute Gasteiger partial charge is 2.00 e. The van der Waals surface area contributed by atoms with Gasteiger partial charge in [-0.05, 0) is 17.5 Å². The van der Waals surface area contributed by atoms with Crippen LogP contribution in [0.1, 0.15) is 11.3 Å². The van der Waals surface area contributed by atoms with E-state index in [0.29, 0.717) is 10.8 Å². The first-order valence-electron chi connectivity index (χ1n) is 7.60. The molecule has 0 saturated carbocycles. The first kappa shape index (κ1) is 26.5. The maximum Gasteiger partial charge on any atom is 2.00 e. The minimum atomic E-state index is 0. The molecule has 2 heterocycles. The van der Waals surface area contributed by atoms with Crippen molar-refractivity contribution in [2.24, 2.45) is 0 Å². The van der Waals surface area contributed by atoms with E-state index in [2.05, 4.69) is 44.6 Å². The van der Waals surface area contributed by atoms with Gasteiger partial charge in [0.1, 0.15) is 5.15 Å². The number of fused-ring (bicyclic) bond motifs is 3. The van der Waals surface area contributed by atoms with Crippen LogP contribution in [0.4, 0.5) is 0 Å². The summed E-state index contributed by atoms with van der Waals surface area (Å²) in [5.74, 6) is 0. The van der Waals surface area contributed by atoms with E-state index in [1.807, 2.05) is 55.5 Å². The van der Waals surface area contributed by atoms with Crippen LogP contribution in [0.15, 0.2) is 65.6 Å². The summed E-state index contributed by atoms with van der Waals surface area (Å²) in [6.07, 6.45) is 2.78. The van der Waals surface area contributed by atoms with Crippen LogP contribution >= 0.6 is 39.9 Å². The van der Waals surface area contributed by atoms with Gasteiger partial charge < -0.3 is 6.15 Å². The van der Waals surface area contributed by atoms with Crippen molar-refractivity contribution in [2.45, 2.75) is 6.92 Å². The molecular weight excluding hydrogens is 501 g/mol. The molecule has 4 rings (SSSR count). The van der Waals surface area contributed by atoms with Crippen molar-refractivity contribution < 1.29 is 17.1 Å². The molecule has 0 unspecified atom stereocenters. The quantitative estimate of drug-likeness (QED) is 0.129. The molecule has 0 aliphatic carbocycles. The number of aromatic nitrogens is 2. The van der Waals surface area contributed by atoms with E-state index in [4.69, 9.17) is 11.6 Å². The van der Waals surface area contributed by atoms with Gasteiger partial charge in [0.05, 0.1) is 11.0 Å². The third kappa shape index (κ3) is 6.56. The van der Waals surface area contributed by atoms with E-state index in [-0.39, 0.29) is 35.6 Å². The summed E-state index contributed by atoms with van der Waals surface area (Å²) in [4.78, 5) is 8.80. The minimum absolute atomic E-state index is 0. The SMILES string of the molecule is C=[C-]c1ccc2ccc3ccc(Cl)nc3c2n1.Cc1[c-]c(Br)ccc1.Cl.N.[Fe+2]. The predicted molar refractivity (Wildman–Crippen MR) is 120 cm³/mol. The summed E-state index contributed by atoms with van der Waals surface area (Å²) in [6, 6.07) is 20.7. The number of hydrogen-bond acceptors (Lipinski definition) is 3. The van der Waals surface area contributed by atoms with Gasteiger partial charge in [-0.3, -0.25) is 4.98 Å². The molecule has 0 atom stereocenters. The van der Waals surface area contributed by atoms with Gasteiger partial charge in [0.2, 0.25) is 0 Å². The number of rotatable bonds is 1. The molecule has 2 aromatic carbocycles. The third-order valence-corrected chi connectivity index (χ3v) is 4.25. The zero-order chi connectivity index (χ0) is 17.8. The number of halogens is 3. The standard InChI is InChI=1S/C14H8ClN2.C7H6Br.ClH.Fe.H3N/c1-2-11-7-5-9-3-4-10-6-8-12(15)17-14(10)13(9)16-11;1-6-3-2-4-7(8)5-6;;;/h3-8H,1H2;2-4H,1H3;1H;;1H3/q2*-1;;+2;. The first-order valence-corrected chi connectivity index (χ1v) is 8.77. The molecule has 0 aliphatic rings. The van der Waals surface area contributed by atoms with Gasteiger partial charge >= 0.3 is 17.1 Å². The monoisotopic (exact) mass is 517 g/mol. The Balaban J connectivity index is 0.000000574. The zero-order valence-corrected chi connectivity index (χ0v) is 19.3. The van der Waals surface area contributed by atoms with Gasteiger partial charge in [-0.2, -0.15) is 42.5 Å². The summed E-state index contributed by atoms with van der Waals surface area (Å²) in [6.45, 7) is 5.62. The molecule has 0 radical (unpaired) electrons. The average molecular weight is 519 g/mol. The van der Waals surface area contributed by atoms with Crippen molar-refractivity contribution in [1.82, 2.24) is 16.1 Å². The molecule has 7 heteroatoms. The van der Waals surface area contributed by atoms with Crippen molar-refractivity contribution >= 4 is 61.7 Å². The van der Waals surface area contributed by atoms with Crippen LogP contribution in [0.25, 0.3) is 21.8 Å². The number of aryl methyl sites for hydroxylation is 1. The van der Waals surface area contributed by atoms with Gasteiger partial charge in [-0.25, -0.2) is 11.1 Å². The Kier molecular flexibility index (Phi) is 11.5. The summed E-state index contributed by atoms with van der Waals surface area (Å²) in [5.41, 5.74) is 3.52. The Bertz CT molecular complexity index is 1060. The molecule has 2 aromatic heterocycles. The molecule has 4 aromatic rings. The van der Waals surface area contributed by atoms with Crippen LogP contribution in [0, 0.1) is 19.1 Å². The second kappa shape index (κ2) is 12.2. The van der Waals surface area contributed by atoms with Crippen molar-refractivity contribution in [1.29, 1.82) is 0 Å². The van der Waals surface area contributed by atoms with Gasteiger partial charge in [0.15, 0.2) is 0 Å². The van der Waals surface area contributed by atoms with Crippen LogP contribution < -0.4 is 6.15 Å². The van der Waals surface area contributed by atoms with Gasteiger partial charge in [0.25, 0.3) is 0 Å². The van der Waals surface area contributed by atoms with E-state index in [9.17, 15) is 0 Å². The summed E-state index contributed by atoms with van der Waals surface area (Å²) in [5, 5.41) is 2.53. The summed E-state index contributed by atoms with van der Waals surface area (Å²) in [7, 11) is 0. The fraction of sp³-hybridized carbons (Fsp3) is 0.0476. The van der Waals surface area contributed by atoms with Crippen molar-refractivity contribution in [3.05, 3.63) is 94.2 Å². The van der Waals surface area contributed by atoms with E-state index in [1.165, 1.54) is 5.56 Å². The summed E-state index contributed by atoms with van der Waals surface area (Å²) < 4.78 is 1.03. The van der Waals surface area contributed by atoms with Crippen LogP contribution in [-0.4, -0.2) is 9.97 Å². The number of benzene rings is 2. The minimum Gasteiger partial charge on any atom is -0.344 e. The molecule has 0 amide bonds. The van der Waals surface area contributed by atoms with Gasteiger partial charge in [-0.1, -0.05) is 51.1 Å². The van der Waals surface area contributed by atoms with E-state index in [0.717, 1.165) is 26.3 Å². The Morgan fingerprint density at radius 2 is 1.54 bits per heavy atom. The van der Waals surface area contributed by atoms with Crippen LogP contribution in [0.2, 0.25) is 5.15 Å². The van der Waals surface area contributed by atoms with E-state index >= 15 is 0 Å². The van der Waals surface area contributed by atoms with Crippen molar-refractivity contribution in [2.75, 3.05) is 0 Å². The zero-order valence-electron chi connectivity index (χ0n) is 15.0. The van der Waals surface area contributed by atoms with Crippen LogP contribution in [0.3, 0.4) is 0 Å². The topological polar surface area (TPSA) is 60.8 Å². The van der Waals surface area contributed by atoms with Gasteiger partial charge in [-0.15, -0.1) is 24.2 Å². The Morgan fingerprint density at radius 3 is 2.07 bits per heavy atom. The van der Waals surface area contributed by atoms with Gasteiger partial charge in [0, 0.05) is 5.39 Å². The number of nitrogens with zero attached hydrogens (tertiary/aromatic N) is 2. The molecule has 28 heavy (non-hydrogen) atoms. The molecule has 146 valence electrons. The molecule has 0 spiro atoms. The Hall–Kier alpha value is -1.46. The Labute approximate surface area is 195 Å². The average Bonchev–Trinajstić information content (AvgIpc) is 2.61.